The number of rotatable bonds is 3. The molecule has 0 radical (unpaired) electrons. The van der Waals surface area contributed by atoms with Crippen LogP contribution in [0.2, 0.25) is 0 Å². The second-order valence-corrected chi connectivity index (χ2v) is 4.75. The third kappa shape index (κ3) is 3.10. The standard InChI is InChI=1S/C12H24N2/c1-5-6-7-12(2,3)14-10-8-13(4)9-11-14/h6-7H,5,8-11H2,1-4H3/b7-6-. The van der Waals surface area contributed by atoms with Crippen LogP contribution in [-0.4, -0.2) is 48.6 Å². The summed E-state index contributed by atoms with van der Waals surface area (Å²) in [5.74, 6) is 0. The summed E-state index contributed by atoms with van der Waals surface area (Å²) in [6.07, 6.45) is 5.76. The first-order valence-corrected chi connectivity index (χ1v) is 5.67. The molecule has 0 bridgehead atoms. The minimum absolute atomic E-state index is 0.233. The van der Waals surface area contributed by atoms with E-state index in [0.29, 0.717) is 0 Å². The maximum Gasteiger partial charge on any atom is 0.0336 e. The predicted octanol–water partition coefficient (Wildman–Crippen LogP) is 1.98. The Bertz CT molecular complexity index is 188. The molecule has 0 unspecified atom stereocenters. The first-order valence-electron chi connectivity index (χ1n) is 5.67. The summed E-state index contributed by atoms with van der Waals surface area (Å²) in [7, 11) is 2.20. The van der Waals surface area contributed by atoms with Crippen LogP contribution in [0.25, 0.3) is 0 Å². The Hall–Kier alpha value is -0.340. The first-order chi connectivity index (χ1) is 6.56. The van der Waals surface area contributed by atoms with Crippen molar-refractivity contribution < 1.29 is 0 Å². The largest absolute Gasteiger partial charge is 0.304 e. The zero-order valence-corrected chi connectivity index (χ0v) is 10.1. The van der Waals surface area contributed by atoms with Crippen molar-refractivity contribution in [2.24, 2.45) is 0 Å². The lowest BCUT2D eigenvalue weighted by molar-refractivity contribution is 0.0894. The summed E-state index contributed by atoms with van der Waals surface area (Å²) in [6, 6.07) is 0. The summed E-state index contributed by atoms with van der Waals surface area (Å²) < 4.78 is 0. The van der Waals surface area contributed by atoms with E-state index in [-0.39, 0.29) is 5.54 Å². The van der Waals surface area contributed by atoms with Crippen molar-refractivity contribution in [3.05, 3.63) is 12.2 Å². The Morgan fingerprint density at radius 1 is 1.14 bits per heavy atom. The van der Waals surface area contributed by atoms with Crippen LogP contribution in [0.15, 0.2) is 12.2 Å². The van der Waals surface area contributed by atoms with Crippen molar-refractivity contribution in [2.75, 3.05) is 33.2 Å². The molecule has 1 aliphatic rings. The molecule has 1 rings (SSSR count). The van der Waals surface area contributed by atoms with Crippen molar-refractivity contribution in [1.29, 1.82) is 0 Å². The van der Waals surface area contributed by atoms with E-state index in [1.165, 1.54) is 26.2 Å². The minimum Gasteiger partial charge on any atom is -0.304 e. The van der Waals surface area contributed by atoms with E-state index in [9.17, 15) is 0 Å². The van der Waals surface area contributed by atoms with E-state index in [4.69, 9.17) is 0 Å². The maximum absolute atomic E-state index is 2.57. The van der Waals surface area contributed by atoms with Crippen LogP contribution in [0.1, 0.15) is 27.2 Å². The molecule has 0 aromatic carbocycles. The van der Waals surface area contributed by atoms with Gasteiger partial charge < -0.3 is 4.90 Å². The van der Waals surface area contributed by atoms with Crippen molar-refractivity contribution in [1.82, 2.24) is 9.80 Å². The fourth-order valence-corrected chi connectivity index (χ4v) is 1.89. The number of hydrogen-bond donors (Lipinski definition) is 0. The summed E-state index contributed by atoms with van der Waals surface area (Å²) in [5.41, 5.74) is 0.233. The van der Waals surface area contributed by atoms with E-state index in [1.54, 1.807) is 0 Å². The van der Waals surface area contributed by atoms with Crippen molar-refractivity contribution in [3.63, 3.8) is 0 Å². The lowest BCUT2D eigenvalue weighted by atomic mass is 10.0. The van der Waals surface area contributed by atoms with Gasteiger partial charge in [-0.15, -0.1) is 0 Å². The Balaban J connectivity index is 2.50. The average molecular weight is 196 g/mol. The van der Waals surface area contributed by atoms with Crippen molar-refractivity contribution >= 4 is 0 Å². The van der Waals surface area contributed by atoms with Crippen LogP contribution in [0.5, 0.6) is 0 Å². The number of piperazine rings is 1. The molecule has 0 atom stereocenters. The molecule has 1 saturated heterocycles. The number of hydrogen-bond acceptors (Lipinski definition) is 2. The van der Waals surface area contributed by atoms with Gasteiger partial charge in [0.15, 0.2) is 0 Å². The third-order valence-electron chi connectivity index (χ3n) is 3.08. The minimum atomic E-state index is 0.233. The highest BCUT2D eigenvalue weighted by molar-refractivity contribution is 5.03. The SMILES string of the molecule is CC/C=C\C(C)(C)N1CCN(C)CC1. The Morgan fingerprint density at radius 3 is 2.21 bits per heavy atom. The maximum atomic E-state index is 2.57. The van der Waals surface area contributed by atoms with Gasteiger partial charge in [-0.1, -0.05) is 19.1 Å². The number of allylic oxidation sites excluding steroid dienone is 1. The van der Waals surface area contributed by atoms with Gasteiger partial charge in [-0.2, -0.15) is 0 Å². The quantitative estimate of drug-likeness (QED) is 0.637. The van der Waals surface area contributed by atoms with Gasteiger partial charge in [0.05, 0.1) is 0 Å². The Labute approximate surface area is 88.6 Å². The summed E-state index contributed by atoms with van der Waals surface area (Å²) in [4.78, 5) is 4.97. The normalized spacial score (nSPS) is 22.0. The molecule has 2 heteroatoms. The Kier molecular flexibility index (Phi) is 4.14. The van der Waals surface area contributed by atoms with Gasteiger partial charge >= 0.3 is 0 Å². The molecule has 0 saturated carbocycles. The molecule has 14 heavy (non-hydrogen) atoms. The Morgan fingerprint density at radius 2 is 1.71 bits per heavy atom. The molecular formula is C12H24N2. The second kappa shape index (κ2) is 4.94. The summed E-state index contributed by atoms with van der Waals surface area (Å²) in [6.45, 7) is 11.6. The van der Waals surface area contributed by atoms with Crippen LogP contribution in [0.3, 0.4) is 0 Å². The van der Waals surface area contributed by atoms with Crippen molar-refractivity contribution in [2.45, 2.75) is 32.7 Å². The number of likely N-dealkylation sites (N-methyl/N-ethyl adjacent to an activating group) is 1. The molecule has 0 N–H and O–H groups in total. The van der Waals surface area contributed by atoms with E-state index >= 15 is 0 Å². The molecule has 1 heterocycles. The monoisotopic (exact) mass is 196 g/mol. The van der Waals surface area contributed by atoms with E-state index in [2.05, 4.69) is 49.8 Å². The topological polar surface area (TPSA) is 6.48 Å². The lowest BCUT2D eigenvalue weighted by Crippen LogP contribution is -2.52. The van der Waals surface area contributed by atoms with E-state index in [0.717, 1.165) is 6.42 Å². The summed E-state index contributed by atoms with van der Waals surface area (Å²) >= 11 is 0. The molecule has 0 amide bonds. The zero-order valence-electron chi connectivity index (χ0n) is 10.1. The van der Waals surface area contributed by atoms with Crippen LogP contribution in [0, 0.1) is 0 Å². The van der Waals surface area contributed by atoms with Gasteiger partial charge in [0, 0.05) is 31.7 Å². The molecule has 1 aliphatic heterocycles. The van der Waals surface area contributed by atoms with Gasteiger partial charge in [-0.25, -0.2) is 0 Å². The van der Waals surface area contributed by atoms with Gasteiger partial charge in [0.2, 0.25) is 0 Å². The third-order valence-corrected chi connectivity index (χ3v) is 3.08. The van der Waals surface area contributed by atoms with Crippen LogP contribution in [-0.2, 0) is 0 Å². The molecule has 2 nitrogen and oxygen atoms in total. The van der Waals surface area contributed by atoms with Gasteiger partial charge in [0.1, 0.15) is 0 Å². The predicted molar refractivity (Wildman–Crippen MR) is 62.6 cm³/mol. The molecule has 0 aromatic rings. The fourth-order valence-electron chi connectivity index (χ4n) is 1.89. The van der Waals surface area contributed by atoms with E-state index in [1.807, 2.05) is 0 Å². The fraction of sp³-hybridized carbons (Fsp3) is 0.833. The lowest BCUT2D eigenvalue weighted by Gasteiger charge is -2.41. The summed E-state index contributed by atoms with van der Waals surface area (Å²) in [5, 5.41) is 0. The van der Waals surface area contributed by atoms with Crippen LogP contribution < -0.4 is 0 Å². The van der Waals surface area contributed by atoms with Gasteiger partial charge in [0.25, 0.3) is 0 Å². The average Bonchev–Trinajstić information content (AvgIpc) is 2.16. The molecule has 0 spiro atoms. The van der Waals surface area contributed by atoms with Gasteiger partial charge in [-0.05, 0) is 27.3 Å². The highest BCUT2D eigenvalue weighted by Gasteiger charge is 2.26. The smallest absolute Gasteiger partial charge is 0.0336 e. The molecule has 0 aliphatic carbocycles. The molecule has 0 aromatic heterocycles. The van der Waals surface area contributed by atoms with Crippen LogP contribution >= 0.6 is 0 Å². The van der Waals surface area contributed by atoms with Crippen molar-refractivity contribution in [3.8, 4) is 0 Å². The van der Waals surface area contributed by atoms with E-state index < -0.39 is 0 Å². The highest BCUT2D eigenvalue weighted by atomic mass is 15.3. The zero-order chi connectivity index (χ0) is 10.6. The van der Waals surface area contributed by atoms with Crippen LogP contribution in [0.4, 0.5) is 0 Å². The highest BCUT2D eigenvalue weighted by Crippen LogP contribution is 2.18. The second-order valence-electron chi connectivity index (χ2n) is 4.75. The molecule has 1 fully saturated rings. The molecule has 82 valence electrons. The number of nitrogens with zero attached hydrogens (tertiary/aromatic N) is 2. The van der Waals surface area contributed by atoms with Gasteiger partial charge in [-0.3, -0.25) is 4.90 Å². The first kappa shape index (κ1) is 11.7. The molecular weight excluding hydrogens is 172 g/mol.